The summed E-state index contributed by atoms with van der Waals surface area (Å²) in [5.74, 6) is -3.19. The Kier molecular flexibility index (Phi) is 3.49. The van der Waals surface area contributed by atoms with Gasteiger partial charge in [0.05, 0.1) is 16.8 Å². The van der Waals surface area contributed by atoms with Crippen LogP contribution in [0.4, 0.5) is 20.2 Å². The largest absolute Gasteiger partial charge is 0.493 e. The lowest BCUT2D eigenvalue weighted by molar-refractivity contribution is 0.0697. The standard InChI is InChI=1S/C15H9F2N3O3/c16-8-5-10-12(11(17)6-8)18-14(21)13(10)20-19-9-3-1-7(2-4-9)15(22)23/h1-6,18,21H,(H,22,23). The van der Waals surface area contributed by atoms with Crippen molar-refractivity contribution in [2.45, 2.75) is 0 Å². The first-order valence-electron chi connectivity index (χ1n) is 6.40. The third-order valence-corrected chi connectivity index (χ3v) is 3.16. The topological polar surface area (TPSA) is 98.0 Å². The molecule has 0 aliphatic carbocycles. The van der Waals surface area contributed by atoms with E-state index in [9.17, 15) is 18.7 Å². The summed E-state index contributed by atoms with van der Waals surface area (Å²) in [6, 6.07) is 7.22. The number of nitrogens with zero attached hydrogens (tertiary/aromatic N) is 2. The van der Waals surface area contributed by atoms with E-state index >= 15 is 0 Å². The minimum absolute atomic E-state index is 0.0471. The first-order chi connectivity index (χ1) is 11.0. The Morgan fingerprint density at radius 3 is 2.43 bits per heavy atom. The maximum atomic E-state index is 13.6. The number of H-pyrrole nitrogens is 1. The Labute approximate surface area is 127 Å². The normalized spacial score (nSPS) is 11.4. The first-order valence-corrected chi connectivity index (χ1v) is 6.40. The number of aromatic hydroxyl groups is 1. The number of carboxylic acids is 1. The lowest BCUT2D eigenvalue weighted by Crippen LogP contribution is -1.93. The number of rotatable bonds is 3. The Bertz CT molecular complexity index is 933. The molecule has 0 unspecified atom stereocenters. The van der Waals surface area contributed by atoms with Crippen molar-refractivity contribution in [3.05, 3.63) is 53.6 Å². The highest BCUT2D eigenvalue weighted by molar-refractivity contribution is 5.94. The van der Waals surface area contributed by atoms with Crippen molar-refractivity contribution in [1.82, 2.24) is 4.98 Å². The molecule has 0 aliphatic heterocycles. The van der Waals surface area contributed by atoms with Crippen LogP contribution in [0.1, 0.15) is 10.4 Å². The van der Waals surface area contributed by atoms with Crippen LogP contribution in [0, 0.1) is 11.6 Å². The molecule has 0 radical (unpaired) electrons. The zero-order chi connectivity index (χ0) is 16.6. The van der Waals surface area contributed by atoms with Gasteiger partial charge in [-0.1, -0.05) is 0 Å². The van der Waals surface area contributed by atoms with Crippen molar-refractivity contribution >= 4 is 28.2 Å². The van der Waals surface area contributed by atoms with Gasteiger partial charge in [0.1, 0.15) is 11.6 Å². The van der Waals surface area contributed by atoms with Gasteiger partial charge in [0.25, 0.3) is 0 Å². The molecule has 0 aliphatic rings. The van der Waals surface area contributed by atoms with Crippen molar-refractivity contribution in [2.24, 2.45) is 10.2 Å². The first kappa shape index (κ1) is 14.6. The molecule has 0 saturated carbocycles. The Morgan fingerprint density at radius 1 is 1.09 bits per heavy atom. The third-order valence-electron chi connectivity index (χ3n) is 3.16. The van der Waals surface area contributed by atoms with E-state index in [0.29, 0.717) is 11.8 Å². The van der Waals surface area contributed by atoms with Gasteiger partial charge in [-0.2, -0.15) is 5.11 Å². The van der Waals surface area contributed by atoms with Gasteiger partial charge in [-0.25, -0.2) is 13.6 Å². The van der Waals surface area contributed by atoms with E-state index in [0.717, 1.165) is 6.07 Å². The molecule has 3 rings (SSSR count). The van der Waals surface area contributed by atoms with Crippen LogP contribution >= 0.6 is 0 Å². The summed E-state index contributed by atoms with van der Waals surface area (Å²) < 4.78 is 26.9. The van der Waals surface area contributed by atoms with Gasteiger partial charge in [0, 0.05) is 11.5 Å². The molecule has 3 aromatic rings. The number of carboxylic acid groups (broad SMARTS) is 1. The number of fused-ring (bicyclic) bond motifs is 1. The van der Waals surface area contributed by atoms with Gasteiger partial charge in [0.2, 0.25) is 5.88 Å². The molecule has 0 spiro atoms. The van der Waals surface area contributed by atoms with E-state index in [-0.39, 0.29) is 22.2 Å². The Hall–Kier alpha value is -3.29. The number of aromatic carboxylic acids is 1. The molecule has 0 amide bonds. The highest BCUT2D eigenvalue weighted by Gasteiger charge is 2.15. The van der Waals surface area contributed by atoms with Gasteiger partial charge < -0.3 is 15.2 Å². The summed E-state index contributed by atoms with van der Waals surface area (Å²) in [5, 5.41) is 26.2. The molecule has 1 aromatic heterocycles. The molecule has 23 heavy (non-hydrogen) atoms. The van der Waals surface area contributed by atoms with Gasteiger partial charge in [-0.15, -0.1) is 5.11 Å². The highest BCUT2D eigenvalue weighted by Crippen LogP contribution is 2.37. The molecule has 3 N–H and O–H groups in total. The number of azo groups is 1. The van der Waals surface area contributed by atoms with Crippen molar-refractivity contribution in [3.8, 4) is 5.88 Å². The number of carbonyl (C=O) groups is 1. The van der Waals surface area contributed by atoms with Gasteiger partial charge in [-0.3, -0.25) is 0 Å². The lowest BCUT2D eigenvalue weighted by atomic mass is 10.2. The summed E-state index contributed by atoms with van der Waals surface area (Å²) in [7, 11) is 0. The van der Waals surface area contributed by atoms with Crippen LogP contribution in [-0.2, 0) is 0 Å². The van der Waals surface area contributed by atoms with E-state index in [4.69, 9.17) is 5.11 Å². The average Bonchev–Trinajstić information content (AvgIpc) is 2.82. The zero-order valence-electron chi connectivity index (χ0n) is 11.4. The van der Waals surface area contributed by atoms with Crippen LogP contribution in [0.2, 0.25) is 0 Å². The van der Waals surface area contributed by atoms with E-state index in [2.05, 4.69) is 15.2 Å². The number of halogens is 2. The van der Waals surface area contributed by atoms with Gasteiger partial charge in [-0.05, 0) is 30.3 Å². The minimum atomic E-state index is -1.08. The maximum Gasteiger partial charge on any atom is 0.335 e. The molecule has 2 aromatic carbocycles. The Balaban J connectivity index is 2.00. The quantitative estimate of drug-likeness (QED) is 0.629. The van der Waals surface area contributed by atoms with E-state index < -0.39 is 23.5 Å². The smallest absolute Gasteiger partial charge is 0.335 e. The van der Waals surface area contributed by atoms with Crippen LogP contribution in [0.3, 0.4) is 0 Å². The summed E-state index contributed by atoms with van der Waals surface area (Å²) in [5.41, 5.74) is 0.212. The lowest BCUT2D eigenvalue weighted by Gasteiger charge is -1.96. The van der Waals surface area contributed by atoms with Crippen LogP contribution < -0.4 is 0 Å². The van der Waals surface area contributed by atoms with Crippen molar-refractivity contribution < 1.29 is 23.8 Å². The fraction of sp³-hybridized carbons (Fsp3) is 0. The molecular formula is C15H9F2N3O3. The van der Waals surface area contributed by atoms with Crippen molar-refractivity contribution in [1.29, 1.82) is 0 Å². The second-order valence-electron chi connectivity index (χ2n) is 4.68. The molecule has 116 valence electrons. The predicted octanol–water partition coefficient (Wildman–Crippen LogP) is 4.27. The molecular weight excluding hydrogens is 308 g/mol. The molecule has 0 saturated heterocycles. The summed E-state index contributed by atoms with van der Waals surface area (Å²) >= 11 is 0. The van der Waals surface area contributed by atoms with E-state index in [1.54, 1.807) is 0 Å². The maximum absolute atomic E-state index is 13.6. The molecule has 0 bridgehead atoms. The second kappa shape index (κ2) is 5.48. The molecule has 6 nitrogen and oxygen atoms in total. The van der Waals surface area contributed by atoms with Crippen LogP contribution in [0.5, 0.6) is 5.88 Å². The molecule has 0 atom stereocenters. The van der Waals surface area contributed by atoms with Crippen molar-refractivity contribution in [3.63, 3.8) is 0 Å². The predicted molar refractivity (Wildman–Crippen MR) is 77.5 cm³/mol. The molecule has 0 fully saturated rings. The number of hydrogen-bond donors (Lipinski definition) is 3. The Morgan fingerprint density at radius 2 is 1.78 bits per heavy atom. The van der Waals surface area contributed by atoms with Crippen LogP contribution in [0.15, 0.2) is 46.6 Å². The van der Waals surface area contributed by atoms with Crippen LogP contribution in [-0.4, -0.2) is 21.2 Å². The number of aromatic amines is 1. The highest BCUT2D eigenvalue weighted by atomic mass is 19.1. The summed E-state index contributed by atoms with van der Waals surface area (Å²) in [4.78, 5) is 13.1. The number of aromatic nitrogens is 1. The van der Waals surface area contributed by atoms with Gasteiger partial charge in [0.15, 0.2) is 5.69 Å². The minimum Gasteiger partial charge on any atom is -0.493 e. The SMILES string of the molecule is O=C(O)c1ccc(N=Nc2c(O)[nH]c3c(F)cc(F)cc23)cc1. The van der Waals surface area contributed by atoms with E-state index in [1.807, 2.05) is 0 Å². The van der Waals surface area contributed by atoms with Crippen molar-refractivity contribution in [2.75, 3.05) is 0 Å². The fourth-order valence-electron chi connectivity index (χ4n) is 2.07. The number of hydrogen-bond acceptors (Lipinski definition) is 4. The average molecular weight is 317 g/mol. The zero-order valence-corrected chi connectivity index (χ0v) is 11.4. The second-order valence-corrected chi connectivity index (χ2v) is 4.68. The molecule has 8 heteroatoms. The number of benzene rings is 2. The van der Waals surface area contributed by atoms with Gasteiger partial charge >= 0.3 is 5.97 Å². The summed E-state index contributed by atoms with van der Waals surface area (Å²) in [6.45, 7) is 0. The van der Waals surface area contributed by atoms with E-state index in [1.165, 1.54) is 24.3 Å². The summed E-state index contributed by atoms with van der Waals surface area (Å²) in [6.07, 6.45) is 0. The monoisotopic (exact) mass is 317 g/mol. The molecule has 1 heterocycles. The fourth-order valence-corrected chi connectivity index (χ4v) is 2.07. The number of nitrogens with one attached hydrogen (secondary N) is 1. The van der Waals surface area contributed by atoms with Crippen LogP contribution in [0.25, 0.3) is 10.9 Å². The third kappa shape index (κ3) is 2.73.